The van der Waals surface area contributed by atoms with Crippen molar-refractivity contribution in [3.63, 3.8) is 0 Å². The van der Waals surface area contributed by atoms with E-state index in [-0.39, 0.29) is 0 Å². The molecule has 0 saturated carbocycles. The monoisotopic (exact) mass is 223 g/mol. The summed E-state index contributed by atoms with van der Waals surface area (Å²) in [6.45, 7) is 1.85. The zero-order valence-electron chi connectivity index (χ0n) is 8.40. The van der Waals surface area contributed by atoms with E-state index in [9.17, 15) is 0 Å². The summed E-state index contributed by atoms with van der Waals surface area (Å²) in [5.74, 6) is 1.24. The second kappa shape index (κ2) is 3.86. The van der Waals surface area contributed by atoms with E-state index in [1.54, 1.807) is 30.2 Å². The van der Waals surface area contributed by atoms with Crippen LogP contribution in [0.1, 0.15) is 5.69 Å². The fourth-order valence-corrected chi connectivity index (χ4v) is 1.28. The van der Waals surface area contributed by atoms with Crippen LogP contribution in [0.25, 0.3) is 5.82 Å². The Labute approximate surface area is 92.1 Å². The minimum Gasteiger partial charge on any atom is -0.357 e. The van der Waals surface area contributed by atoms with Gasteiger partial charge in [-0.15, -0.1) is 0 Å². The van der Waals surface area contributed by atoms with Gasteiger partial charge < -0.3 is 5.32 Å². The summed E-state index contributed by atoms with van der Waals surface area (Å²) < 4.78 is 1.63. The predicted octanol–water partition coefficient (Wildman–Crippen LogP) is 1.67. The summed E-state index contributed by atoms with van der Waals surface area (Å²) >= 11 is 5.91. The van der Waals surface area contributed by atoms with E-state index in [1.807, 2.05) is 6.92 Å². The number of aromatic nitrogens is 4. The third-order valence-electron chi connectivity index (χ3n) is 1.94. The molecule has 5 nitrogen and oxygen atoms in total. The molecule has 78 valence electrons. The molecule has 15 heavy (non-hydrogen) atoms. The number of hydrogen-bond donors (Lipinski definition) is 1. The van der Waals surface area contributed by atoms with Crippen LogP contribution in [0.15, 0.2) is 18.5 Å². The van der Waals surface area contributed by atoms with Crippen molar-refractivity contribution in [3.05, 3.63) is 29.2 Å². The lowest BCUT2D eigenvalue weighted by atomic mass is 10.5. The number of rotatable bonds is 2. The molecule has 0 aliphatic carbocycles. The van der Waals surface area contributed by atoms with Gasteiger partial charge in [-0.2, -0.15) is 10.1 Å². The first-order valence-corrected chi connectivity index (χ1v) is 4.81. The van der Waals surface area contributed by atoms with E-state index in [4.69, 9.17) is 11.6 Å². The molecule has 0 unspecified atom stereocenters. The summed E-state index contributed by atoms with van der Waals surface area (Å²) in [6.07, 6.45) is 3.39. The highest BCUT2D eigenvalue weighted by atomic mass is 35.5. The largest absolute Gasteiger partial charge is 0.357 e. The first-order chi connectivity index (χ1) is 7.20. The number of anilines is 1. The molecule has 0 spiro atoms. The van der Waals surface area contributed by atoms with Gasteiger partial charge in [0.25, 0.3) is 0 Å². The van der Waals surface area contributed by atoms with Crippen LogP contribution in [-0.2, 0) is 0 Å². The van der Waals surface area contributed by atoms with Crippen molar-refractivity contribution in [2.24, 2.45) is 0 Å². The van der Waals surface area contributed by atoms with Gasteiger partial charge in [0.2, 0.25) is 5.95 Å². The van der Waals surface area contributed by atoms with Gasteiger partial charge in [0, 0.05) is 19.3 Å². The second-order valence-electron chi connectivity index (χ2n) is 3.00. The maximum absolute atomic E-state index is 5.91. The molecule has 0 bridgehead atoms. The summed E-state index contributed by atoms with van der Waals surface area (Å²) in [7, 11) is 1.76. The molecule has 1 N–H and O–H groups in total. The van der Waals surface area contributed by atoms with Gasteiger partial charge in [0.05, 0.1) is 16.9 Å². The molecule has 2 aromatic heterocycles. The molecule has 2 rings (SSSR count). The van der Waals surface area contributed by atoms with E-state index in [2.05, 4.69) is 20.4 Å². The van der Waals surface area contributed by atoms with E-state index in [0.29, 0.717) is 16.8 Å². The Morgan fingerprint density at radius 2 is 2.27 bits per heavy atom. The summed E-state index contributed by atoms with van der Waals surface area (Å²) in [6, 6.07) is 1.77. The van der Waals surface area contributed by atoms with Crippen molar-refractivity contribution < 1.29 is 0 Å². The van der Waals surface area contributed by atoms with Crippen LogP contribution >= 0.6 is 11.6 Å². The van der Waals surface area contributed by atoms with Crippen molar-refractivity contribution in [1.82, 2.24) is 19.7 Å². The van der Waals surface area contributed by atoms with Crippen LogP contribution in [0.4, 0.5) is 5.95 Å². The van der Waals surface area contributed by atoms with Crippen LogP contribution in [0.2, 0.25) is 5.02 Å². The smallest absolute Gasteiger partial charge is 0.224 e. The molecule has 0 atom stereocenters. The molecule has 0 amide bonds. The molecule has 2 heterocycles. The molecule has 6 heteroatoms. The molecular weight excluding hydrogens is 214 g/mol. The molecule has 0 aliphatic heterocycles. The molecule has 0 fully saturated rings. The minimum atomic E-state index is 0.553. The zero-order chi connectivity index (χ0) is 10.8. The van der Waals surface area contributed by atoms with Crippen molar-refractivity contribution in [1.29, 1.82) is 0 Å². The van der Waals surface area contributed by atoms with E-state index in [1.165, 1.54) is 0 Å². The van der Waals surface area contributed by atoms with E-state index in [0.717, 1.165) is 5.69 Å². The van der Waals surface area contributed by atoms with Crippen molar-refractivity contribution in [3.8, 4) is 5.82 Å². The first-order valence-electron chi connectivity index (χ1n) is 4.43. The molecule has 0 aliphatic rings. The molecule has 0 aromatic carbocycles. The Kier molecular flexibility index (Phi) is 2.55. The Balaban J connectivity index is 2.44. The third kappa shape index (κ3) is 1.92. The summed E-state index contributed by atoms with van der Waals surface area (Å²) in [5.41, 5.74) is 0.779. The molecule has 2 aromatic rings. The van der Waals surface area contributed by atoms with E-state index < -0.39 is 0 Å². The number of aryl methyl sites for hydroxylation is 1. The Morgan fingerprint density at radius 1 is 1.47 bits per heavy atom. The third-order valence-corrected chi connectivity index (χ3v) is 2.31. The van der Waals surface area contributed by atoms with Crippen LogP contribution in [0, 0.1) is 6.92 Å². The van der Waals surface area contributed by atoms with Gasteiger partial charge in [0.1, 0.15) is 0 Å². The number of nitrogens with one attached hydrogen (secondary N) is 1. The van der Waals surface area contributed by atoms with Crippen molar-refractivity contribution in [2.75, 3.05) is 12.4 Å². The molecular formula is C9H10ClN5. The number of nitrogens with zero attached hydrogens (tertiary/aromatic N) is 4. The summed E-state index contributed by atoms with van der Waals surface area (Å²) in [5, 5.41) is 7.71. The zero-order valence-corrected chi connectivity index (χ0v) is 9.15. The predicted molar refractivity (Wildman–Crippen MR) is 58.4 cm³/mol. The van der Waals surface area contributed by atoms with E-state index >= 15 is 0 Å². The fourth-order valence-electron chi connectivity index (χ4n) is 1.15. The Bertz CT molecular complexity index is 460. The number of hydrogen-bond acceptors (Lipinski definition) is 4. The van der Waals surface area contributed by atoms with Gasteiger partial charge >= 0.3 is 0 Å². The summed E-state index contributed by atoms with van der Waals surface area (Å²) in [4.78, 5) is 8.25. The average molecular weight is 224 g/mol. The number of halogens is 1. The highest BCUT2D eigenvalue weighted by Crippen LogP contribution is 2.15. The normalized spacial score (nSPS) is 10.3. The van der Waals surface area contributed by atoms with Gasteiger partial charge in [-0.1, -0.05) is 11.6 Å². The Morgan fingerprint density at radius 3 is 2.87 bits per heavy atom. The fraction of sp³-hybridized carbons (Fsp3) is 0.222. The quantitative estimate of drug-likeness (QED) is 0.842. The first kappa shape index (κ1) is 9.92. The lowest BCUT2D eigenvalue weighted by Gasteiger charge is -2.01. The van der Waals surface area contributed by atoms with Crippen molar-refractivity contribution >= 4 is 17.5 Å². The standard InChI is InChI=1S/C9H10ClN5/c1-6-7(10)5-15(14-6)8-3-4-12-9(11-2)13-8/h3-5H,1-2H3,(H,11,12,13). The second-order valence-corrected chi connectivity index (χ2v) is 3.40. The van der Waals surface area contributed by atoms with Crippen LogP contribution in [-0.4, -0.2) is 26.8 Å². The lowest BCUT2D eigenvalue weighted by Crippen LogP contribution is -2.02. The highest BCUT2D eigenvalue weighted by molar-refractivity contribution is 6.31. The van der Waals surface area contributed by atoms with Gasteiger partial charge in [-0.05, 0) is 6.92 Å². The van der Waals surface area contributed by atoms with Crippen LogP contribution in [0.3, 0.4) is 0 Å². The highest BCUT2D eigenvalue weighted by Gasteiger charge is 2.05. The van der Waals surface area contributed by atoms with Crippen LogP contribution in [0.5, 0.6) is 0 Å². The van der Waals surface area contributed by atoms with Crippen molar-refractivity contribution in [2.45, 2.75) is 6.92 Å². The van der Waals surface area contributed by atoms with Gasteiger partial charge in [-0.25, -0.2) is 9.67 Å². The molecule has 0 radical (unpaired) electrons. The van der Waals surface area contributed by atoms with Crippen LogP contribution < -0.4 is 5.32 Å². The molecule has 0 saturated heterocycles. The average Bonchev–Trinajstić information content (AvgIpc) is 2.59. The minimum absolute atomic E-state index is 0.553. The SMILES string of the molecule is CNc1nccc(-n2cc(Cl)c(C)n2)n1. The lowest BCUT2D eigenvalue weighted by molar-refractivity contribution is 0.827. The van der Waals surface area contributed by atoms with Gasteiger partial charge in [0.15, 0.2) is 5.82 Å². The maximum Gasteiger partial charge on any atom is 0.224 e. The Hall–Kier alpha value is -1.62. The van der Waals surface area contributed by atoms with Gasteiger partial charge in [-0.3, -0.25) is 0 Å². The topological polar surface area (TPSA) is 55.6 Å². The maximum atomic E-state index is 5.91.